The molecule has 1 saturated carbocycles. The van der Waals surface area contributed by atoms with Gasteiger partial charge in [-0.1, -0.05) is 12.1 Å². The Hall–Kier alpha value is -1.90. The van der Waals surface area contributed by atoms with Crippen LogP contribution in [-0.4, -0.2) is 71.9 Å². The van der Waals surface area contributed by atoms with E-state index in [1.165, 1.54) is 0 Å². The van der Waals surface area contributed by atoms with E-state index in [9.17, 15) is 18.0 Å². The highest BCUT2D eigenvalue weighted by molar-refractivity contribution is 7.91. The van der Waals surface area contributed by atoms with Gasteiger partial charge >= 0.3 is 0 Å². The van der Waals surface area contributed by atoms with Crippen molar-refractivity contribution in [1.82, 2.24) is 15.0 Å². The number of piperazine rings is 1. The van der Waals surface area contributed by atoms with Crippen molar-refractivity contribution in [2.45, 2.75) is 44.2 Å². The molecule has 4 rings (SSSR count). The van der Waals surface area contributed by atoms with Crippen LogP contribution in [-0.2, 0) is 14.6 Å². The van der Waals surface area contributed by atoms with Crippen LogP contribution in [0.15, 0.2) is 10.6 Å². The second-order valence-electron chi connectivity index (χ2n) is 7.04. The van der Waals surface area contributed by atoms with Crippen LogP contribution in [0.5, 0.6) is 0 Å². The molecule has 2 atom stereocenters. The summed E-state index contributed by atoms with van der Waals surface area (Å²) in [4.78, 5) is 28.2. The van der Waals surface area contributed by atoms with E-state index in [4.69, 9.17) is 4.52 Å². The Labute approximate surface area is 146 Å². The lowest BCUT2D eigenvalue weighted by Crippen LogP contribution is -2.61. The van der Waals surface area contributed by atoms with Crippen LogP contribution < -0.4 is 0 Å². The van der Waals surface area contributed by atoms with Gasteiger partial charge in [-0.3, -0.25) is 9.59 Å². The number of hydrogen-bond acceptors (Lipinski definition) is 6. The number of sulfone groups is 1. The van der Waals surface area contributed by atoms with Crippen molar-refractivity contribution in [2.24, 2.45) is 0 Å². The van der Waals surface area contributed by atoms with E-state index in [1.807, 2.05) is 0 Å². The summed E-state index contributed by atoms with van der Waals surface area (Å²) < 4.78 is 29.5. The summed E-state index contributed by atoms with van der Waals surface area (Å²) in [5.74, 6) is 0.498. The van der Waals surface area contributed by atoms with Crippen molar-refractivity contribution in [3.63, 3.8) is 0 Å². The van der Waals surface area contributed by atoms with Gasteiger partial charge in [0.2, 0.25) is 5.91 Å². The van der Waals surface area contributed by atoms with Crippen molar-refractivity contribution in [1.29, 1.82) is 0 Å². The molecule has 25 heavy (non-hydrogen) atoms. The third kappa shape index (κ3) is 2.94. The quantitative estimate of drug-likeness (QED) is 0.767. The summed E-state index contributed by atoms with van der Waals surface area (Å²) in [6.07, 6.45) is 2.42. The van der Waals surface area contributed by atoms with E-state index >= 15 is 0 Å². The van der Waals surface area contributed by atoms with Gasteiger partial charge in [-0.05, 0) is 12.8 Å². The van der Waals surface area contributed by atoms with Crippen LogP contribution in [0.25, 0.3) is 0 Å². The molecule has 2 aliphatic heterocycles. The number of amides is 2. The number of nitrogens with zero attached hydrogens (tertiary/aromatic N) is 3. The summed E-state index contributed by atoms with van der Waals surface area (Å²) in [7, 11) is -3.28. The van der Waals surface area contributed by atoms with Crippen molar-refractivity contribution >= 4 is 21.7 Å². The third-order valence-corrected chi connectivity index (χ3v) is 6.99. The minimum absolute atomic E-state index is 0.0725. The van der Waals surface area contributed by atoms with E-state index in [0.717, 1.165) is 18.6 Å². The first-order chi connectivity index (χ1) is 11.9. The van der Waals surface area contributed by atoms with Crippen LogP contribution in [0.1, 0.15) is 48.4 Å². The van der Waals surface area contributed by atoms with Crippen LogP contribution in [0.3, 0.4) is 0 Å². The summed E-state index contributed by atoms with van der Waals surface area (Å²) in [5.41, 5.74) is 0.222. The van der Waals surface area contributed by atoms with E-state index in [1.54, 1.807) is 22.8 Å². The minimum atomic E-state index is -3.28. The fourth-order valence-corrected chi connectivity index (χ4v) is 5.80. The Morgan fingerprint density at radius 2 is 1.84 bits per heavy atom. The van der Waals surface area contributed by atoms with Crippen molar-refractivity contribution < 1.29 is 22.5 Å². The van der Waals surface area contributed by atoms with Gasteiger partial charge in [-0.25, -0.2) is 8.42 Å². The van der Waals surface area contributed by atoms with Gasteiger partial charge in [0.25, 0.3) is 5.91 Å². The zero-order valence-electron chi connectivity index (χ0n) is 14.1. The SMILES string of the molecule is CCC(=O)N1CCN(C(=O)c2cc(C3CC3)on2)[C@H]2CS(=O)(=O)C[C@H]21. The summed E-state index contributed by atoms with van der Waals surface area (Å²) in [5, 5.41) is 3.88. The molecule has 3 fully saturated rings. The highest BCUT2D eigenvalue weighted by Gasteiger charge is 2.49. The Morgan fingerprint density at radius 3 is 2.48 bits per heavy atom. The molecule has 2 saturated heterocycles. The Kier molecular flexibility index (Phi) is 3.86. The zero-order valence-corrected chi connectivity index (χ0v) is 14.9. The topological polar surface area (TPSA) is 101 Å². The highest BCUT2D eigenvalue weighted by Crippen LogP contribution is 2.40. The Balaban J connectivity index is 1.59. The fourth-order valence-electron chi connectivity index (χ4n) is 3.82. The lowest BCUT2D eigenvalue weighted by Gasteiger charge is -2.43. The standard InChI is InChI=1S/C16H21N3O5S/c1-2-15(20)18-5-6-19(13-9-25(22,23)8-12(13)18)16(21)11-7-14(24-17-11)10-3-4-10/h7,10,12-13H,2-6,8-9H2,1H3/t12-,13+/m1/s1. The third-order valence-electron chi connectivity index (χ3n) is 5.29. The molecule has 0 spiro atoms. The number of aromatic nitrogens is 1. The molecule has 1 aromatic heterocycles. The molecule has 0 bridgehead atoms. The summed E-state index contributed by atoms with van der Waals surface area (Å²) in [6.45, 7) is 2.42. The maximum absolute atomic E-state index is 12.9. The number of carbonyl (C=O) groups is 2. The molecule has 0 radical (unpaired) electrons. The molecule has 0 unspecified atom stereocenters. The molecule has 9 heteroatoms. The van der Waals surface area contributed by atoms with Gasteiger partial charge < -0.3 is 14.3 Å². The number of rotatable bonds is 3. The van der Waals surface area contributed by atoms with Crippen molar-refractivity contribution in [3.8, 4) is 0 Å². The van der Waals surface area contributed by atoms with Crippen LogP contribution in [0, 0.1) is 0 Å². The van der Waals surface area contributed by atoms with E-state index in [0.29, 0.717) is 25.4 Å². The average molecular weight is 367 g/mol. The molecule has 0 aromatic carbocycles. The summed E-state index contributed by atoms with van der Waals surface area (Å²) in [6, 6.07) is 0.690. The Bertz CT molecular complexity index is 813. The maximum atomic E-state index is 12.9. The molecule has 2 amide bonds. The van der Waals surface area contributed by atoms with E-state index < -0.39 is 21.9 Å². The second-order valence-corrected chi connectivity index (χ2v) is 9.19. The number of hydrogen-bond donors (Lipinski definition) is 0. The van der Waals surface area contributed by atoms with E-state index in [2.05, 4.69) is 5.16 Å². The first kappa shape index (κ1) is 16.6. The van der Waals surface area contributed by atoms with Crippen LogP contribution in [0.4, 0.5) is 0 Å². The number of carbonyl (C=O) groups excluding carboxylic acids is 2. The molecule has 3 aliphatic rings. The van der Waals surface area contributed by atoms with Gasteiger partial charge in [0.1, 0.15) is 5.76 Å². The fraction of sp³-hybridized carbons (Fsp3) is 0.688. The van der Waals surface area contributed by atoms with Crippen molar-refractivity contribution in [3.05, 3.63) is 17.5 Å². The first-order valence-corrected chi connectivity index (χ1v) is 10.5. The monoisotopic (exact) mass is 367 g/mol. The second kappa shape index (κ2) is 5.82. The molecule has 0 N–H and O–H groups in total. The Morgan fingerprint density at radius 1 is 1.20 bits per heavy atom. The van der Waals surface area contributed by atoms with Crippen LogP contribution >= 0.6 is 0 Å². The molecule has 3 heterocycles. The van der Waals surface area contributed by atoms with Gasteiger partial charge in [0, 0.05) is 31.5 Å². The number of fused-ring (bicyclic) bond motifs is 1. The lowest BCUT2D eigenvalue weighted by molar-refractivity contribution is -0.135. The predicted molar refractivity (Wildman–Crippen MR) is 87.7 cm³/mol. The zero-order chi connectivity index (χ0) is 17.8. The largest absolute Gasteiger partial charge is 0.360 e. The van der Waals surface area contributed by atoms with Gasteiger partial charge in [-0.15, -0.1) is 0 Å². The molecule has 1 aromatic rings. The molecular weight excluding hydrogens is 346 g/mol. The van der Waals surface area contributed by atoms with Gasteiger partial charge in [0.15, 0.2) is 15.5 Å². The predicted octanol–water partition coefficient (Wildman–Crippen LogP) is 0.412. The normalized spacial score (nSPS) is 28.0. The van der Waals surface area contributed by atoms with Gasteiger partial charge in [0.05, 0.1) is 23.6 Å². The lowest BCUT2D eigenvalue weighted by atomic mass is 10.0. The summed E-state index contributed by atoms with van der Waals surface area (Å²) >= 11 is 0. The average Bonchev–Trinajstić information content (AvgIpc) is 3.21. The smallest absolute Gasteiger partial charge is 0.276 e. The molecule has 136 valence electrons. The van der Waals surface area contributed by atoms with Crippen LogP contribution in [0.2, 0.25) is 0 Å². The molecular formula is C16H21N3O5S. The minimum Gasteiger partial charge on any atom is -0.360 e. The van der Waals surface area contributed by atoms with Crippen molar-refractivity contribution in [2.75, 3.05) is 24.6 Å². The van der Waals surface area contributed by atoms with E-state index in [-0.39, 0.29) is 29.0 Å². The maximum Gasteiger partial charge on any atom is 0.276 e. The molecule has 8 nitrogen and oxygen atoms in total. The van der Waals surface area contributed by atoms with Gasteiger partial charge in [-0.2, -0.15) is 0 Å². The first-order valence-electron chi connectivity index (χ1n) is 8.67. The highest BCUT2D eigenvalue weighted by atomic mass is 32.2. The molecule has 1 aliphatic carbocycles.